The molecule has 0 aliphatic heterocycles. The summed E-state index contributed by atoms with van der Waals surface area (Å²) in [5.41, 5.74) is 4.54. The smallest absolute Gasteiger partial charge is 0.253 e. The Bertz CT molecular complexity index is 1170. The second-order valence-corrected chi connectivity index (χ2v) is 8.64. The predicted molar refractivity (Wildman–Crippen MR) is 141 cm³/mol. The van der Waals surface area contributed by atoms with Gasteiger partial charge in [-0.15, -0.1) is 0 Å². The van der Waals surface area contributed by atoms with E-state index in [2.05, 4.69) is 53.0 Å². The van der Waals surface area contributed by atoms with Gasteiger partial charge in [-0.3, -0.25) is 4.79 Å². The first-order valence-electron chi connectivity index (χ1n) is 11.4. The number of benzene rings is 2. The molecule has 1 aromatic heterocycles. The number of ether oxygens (including phenoxy) is 1. The average Bonchev–Trinajstić information content (AvgIpc) is 2.80. The van der Waals surface area contributed by atoms with Crippen LogP contribution in [0.25, 0.3) is 10.9 Å². The molecule has 0 atom stereocenters. The molecule has 0 spiro atoms. The Labute approximate surface area is 201 Å². The summed E-state index contributed by atoms with van der Waals surface area (Å²) in [4.78, 5) is 20.4. The van der Waals surface area contributed by atoms with Crippen LogP contribution in [0.5, 0.6) is 5.75 Å². The zero-order chi connectivity index (χ0) is 24.0. The van der Waals surface area contributed by atoms with Gasteiger partial charge in [0.15, 0.2) is 5.11 Å². The van der Waals surface area contributed by atoms with Crippen LogP contribution in [-0.4, -0.2) is 53.2 Å². The van der Waals surface area contributed by atoms with Gasteiger partial charge < -0.3 is 24.8 Å². The molecule has 0 saturated carbocycles. The molecule has 33 heavy (non-hydrogen) atoms. The van der Waals surface area contributed by atoms with Gasteiger partial charge in [0.1, 0.15) is 5.75 Å². The van der Waals surface area contributed by atoms with E-state index in [1.165, 1.54) is 5.56 Å². The number of aryl methyl sites for hydroxylation is 2. The molecule has 2 N–H and O–H groups in total. The third-order valence-electron chi connectivity index (χ3n) is 5.95. The normalized spacial score (nSPS) is 11.1. The Kier molecular flexibility index (Phi) is 8.47. The lowest BCUT2D eigenvalue weighted by molar-refractivity contribution is 0.266. The van der Waals surface area contributed by atoms with E-state index in [9.17, 15) is 4.79 Å². The predicted octanol–water partition coefficient (Wildman–Crippen LogP) is 4.69. The third-order valence-corrected chi connectivity index (χ3v) is 6.31. The number of para-hydroxylation sites is 2. The highest BCUT2D eigenvalue weighted by atomic mass is 32.1. The summed E-state index contributed by atoms with van der Waals surface area (Å²) in [6.45, 7) is 12.3. The lowest BCUT2D eigenvalue weighted by atomic mass is 10.1. The SMILES string of the molecule is CCN(CC)CCN(Cc1cc2cc(C)cc(C)c2[nH]c1=O)C(=S)Nc1ccccc1OC. The van der Waals surface area contributed by atoms with Crippen molar-refractivity contribution in [3.8, 4) is 5.75 Å². The molecule has 0 radical (unpaired) electrons. The Hall–Kier alpha value is -2.90. The molecule has 176 valence electrons. The molecule has 0 aliphatic rings. The Morgan fingerprint density at radius 2 is 1.82 bits per heavy atom. The van der Waals surface area contributed by atoms with Gasteiger partial charge in [0.25, 0.3) is 5.56 Å². The summed E-state index contributed by atoms with van der Waals surface area (Å²) < 4.78 is 5.46. The zero-order valence-corrected chi connectivity index (χ0v) is 21.0. The number of thiocarbonyl (C=S) groups is 1. The monoisotopic (exact) mass is 466 g/mol. The molecule has 2 aromatic carbocycles. The lowest BCUT2D eigenvalue weighted by Crippen LogP contribution is -2.41. The highest BCUT2D eigenvalue weighted by molar-refractivity contribution is 7.80. The first kappa shape index (κ1) is 24.7. The Morgan fingerprint density at radius 3 is 2.52 bits per heavy atom. The average molecular weight is 467 g/mol. The van der Waals surface area contributed by atoms with Crippen molar-refractivity contribution >= 4 is 33.9 Å². The van der Waals surface area contributed by atoms with Crippen molar-refractivity contribution in [2.75, 3.05) is 38.6 Å². The minimum absolute atomic E-state index is 0.0811. The zero-order valence-electron chi connectivity index (χ0n) is 20.2. The molecule has 0 bridgehead atoms. The largest absolute Gasteiger partial charge is 0.495 e. The van der Waals surface area contributed by atoms with Gasteiger partial charge in [-0.1, -0.05) is 37.6 Å². The van der Waals surface area contributed by atoms with E-state index < -0.39 is 0 Å². The number of methoxy groups -OCH3 is 1. The van der Waals surface area contributed by atoms with Gasteiger partial charge >= 0.3 is 0 Å². The number of aromatic amines is 1. The highest BCUT2D eigenvalue weighted by Crippen LogP contribution is 2.24. The molecule has 0 saturated heterocycles. The molecular formula is C26H34N4O2S. The number of aromatic nitrogens is 1. The van der Waals surface area contributed by atoms with E-state index in [1.54, 1.807) is 7.11 Å². The number of rotatable bonds is 9. The van der Waals surface area contributed by atoms with Crippen LogP contribution in [0.15, 0.2) is 47.3 Å². The van der Waals surface area contributed by atoms with E-state index in [0.717, 1.165) is 47.5 Å². The minimum Gasteiger partial charge on any atom is -0.495 e. The molecule has 3 aromatic rings. The summed E-state index contributed by atoms with van der Waals surface area (Å²) in [5, 5.41) is 4.92. The standard InChI is InChI=1S/C26H34N4O2S/c1-6-29(7-2)12-13-30(26(33)27-22-10-8-9-11-23(22)32-5)17-21-16-20-15-18(3)14-19(4)24(20)28-25(21)31/h8-11,14-16H,6-7,12-13,17H2,1-5H3,(H,27,33)(H,28,31). The summed E-state index contributed by atoms with van der Waals surface area (Å²) in [6.07, 6.45) is 0. The number of likely N-dealkylation sites (N-methyl/N-ethyl adjacent to an activating group) is 1. The van der Waals surface area contributed by atoms with E-state index >= 15 is 0 Å². The Morgan fingerprint density at radius 1 is 1.09 bits per heavy atom. The molecule has 3 rings (SSSR count). The van der Waals surface area contributed by atoms with Crippen LogP contribution in [0, 0.1) is 13.8 Å². The molecule has 1 heterocycles. The molecule has 0 amide bonds. The molecule has 0 fully saturated rings. The van der Waals surface area contributed by atoms with Crippen molar-refractivity contribution in [2.24, 2.45) is 0 Å². The molecule has 0 unspecified atom stereocenters. The Balaban J connectivity index is 1.91. The van der Waals surface area contributed by atoms with Crippen molar-refractivity contribution in [1.82, 2.24) is 14.8 Å². The quantitative estimate of drug-likeness (QED) is 0.446. The van der Waals surface area contributed by atoms with Gasteiger partial charge in [0.2, 0.25) is 0 Å². The number of nitrogens with one attached hydrogen (secondary N) is 2. The fourth-order valence-electron chi connectivity index (χ4n) is 4.05. The van der Waals surface area contributed by atoms with Gasteiger partial charge in [0.05, 0.1) is 24.9 Å². The first-order valence-corrected chi connectivity index (χ1v) is 11.8. The van der Waals surface area contributed by atoms with Crippen LogP contribution >= 0.6 is 12.2 Å². The maximum Gasteiger partial charge on any atom is 0.253 e. The lowest BCUT2D eigenvalue weighted by Gasteiger charge is -2.29. The van der Waals surface area contributed by atoms with Crippen LogP contribution in [0.2, 0.25) is 0 Å². The van der Waals surface area contributed by atoms with Crippen LogP contribution in [0.1, 0.15) is 30.5 Å². The van der Waals surface area contributed by atoms with Crippen LogP contribution in [0.3, 0.4) is 0 Å². The van der Waals surface area contributed by atoms with Crippen molar-refractivity contribution in [1.29, 1.82) is 0 Å². The van der Waals surface area contributed by atoms with Crippen LogP contribution < -0.4 is 15.6 Å². The third kappa shape index (κ3) is 6.12. The van der Waals surface area contributed by atoms with Gasteiger partial charge in [-0.25, -0.2) is 0 Å². The number of hydrogen-bond donors (Lipinski definition) is 2. The minimum atomic E-state index is -0.0811. The summed E-state index contributed by atoms with van der Waals surface area (Å²) in [6, 6.07) is 13.9. The van der Waals surface area contributed by atoms with Gasteiger partial charge in [-0.05, 0) is 74.4 Å². The summed E-state index contributed by atoms with van der Waals surface area (Å²) >= 11 is 5.80. The number of fused-ring (bicyclic) bond motifs is 1. The number of pyridine rings is 1. The first-order chi connectivity index (χ1) is 15.9. The van der Waals surface area contributed by atoms with Gasteiger partial charge in [-0.2, -0.15) is 0 Å². The summed E-state index contributed by atoms with van der Waals surface area (Å²) in [7, 11) is 1.64. The fourth-order valence-corrected chi connectivity index (χ4v) is 4.32. The second kappa shape index (κ2) is 11.3. The van der Waals surface area contributed by atoms with Crippen molar-refractivity contribution in [3.05, 3.63) is 69.5 Å². The second-order valence-electron chi connectivity index (χ2n) is 8.25. The topological polar surface area (TPSA) is 60.6 Å². The highest BCUT2D eigenvalue weighted by Gasteiger charge is 2.16. The maximum atomic E-state index is 13.0. The number of hydrogen-bond acceptors (Lipinski definition) is 4. The van der Waals surface area contributed by atoms with Crippen LogP contribution in [0.4, 0.5) is 5.69 Å². The molecular weight excluding hydrogens is 432 g/mol. The van der Waals surface area contributed by atoms with Crippen molar-refractivity contribution in [2.45, 2.75) is 34.2 Å². The van der Waals surface area contributed by atoms with E-state index in [4.69, 9.17) is 17.0 Å². The summed E-state index contributed by atoms with van der Waals surface area (Å²) in [5.74, 6) is 0.720. The van der Waals surface area contributed by atoms with Gasteiger partial charge in [0, 0.05) is 18.7 Å². The van der Waals surface area contributed by atoms with Crippen molar-refractivity contribution < 1.29 is 4.74 Å². The number of nitrogens with zero attached hydrogens (tertiary/aromatic N) is 2. The van der Waals surface area contributed by atoms with Crippen molar-refractivity contribution in [3.63, 3.8) is 0 Å². The van der Waals surface area contributed by atoms with E-state index in [1.807, 2.05) is 37.3 Å². The fraction of sp³-hybridized carbons (Fsp3) is 0.385. The number of anilines is 1. The molecule has 0 aliphatic carbocycles. The van der Waals surface area contributed by atoms with E-state index in [0.29, 0.717) is 23.8 Å². The maximum absolute atomic E-state index is 13.0. The number of H-pyrrole nitrogens is 1. The van der Waals surface area contributed by atoms with Crippen LogP contribution in [-0.2, 0) is 6.54 Å². The molecule has 6 nitrogen and oxygen atoms in total. The van der Waals surface area contributed by atoms with E-state index in [-0.39, 0.29) is 5.56 Å². The molecule has 7 heteroatoms.